The van der Waals surface area contributed by atoms with Gasteiger partial charge in [-0.3, -0.25) is 4.79 Å². The Balaban J connectivity index is 2.42. The van der Waals surface area contributed by atoms with E-state index in [-0.39, 0.29) is 12.5 Å². The van der Waals surface area contributed by atoms with E-state index in [4.69, 9.17) is 10.5 Å². The molecule has 0 saturated heterocycles. The number of rotatable bonds is 5. The largest absolute Gasteiger partial charge is 0.480 e. The molecule has 0 aliphatic rings. The van der Waals surface area contributed by atoms with Gasteiger partial charge in [0, 0.05) is 12.2 Å². The lowest BCUT2D eigenvalue weighted by atomic mass is 10.2. The van der Waals surface area contributed by atoms with Gasteiger partial charge in [0.15, 0.2) is 18.2 Å². The lowest BCUT2D eigenvalue weighted by molar-refractivity contribution is -0.123. The third kappa shape index (κ3) is 4.72. The average molecular weight is 237 g/mol. The Morgan fingerprint density at radius 3 is 2.82 bits per heavy atom. The van der Waals surface area contributed by atoms with Crippen LogP contribution in [-0.2, 0) is 4.79 Å². The van der Waals surface area contributed by atoms with Crippen LogP contribution < -0.4 is 15.8 Å². The van der Waals surface area contributed by atoms with Crippen molar-refractivity contribution >= 4 is 11.7 Å². The van der Waals surface area contributed by atoms with Gasteiger partial charge in [-0.2, -0.15) is 0 Å². The fourth-order valence-electron chi connectivity index (χ4n) is 1.20. The van der Waals surface area contributed by atoms with Crippen molar-refractivity contribution in [3.8, 4) is 5.75 Å². The van der Waals surface area contributed by atoms with Crippen LogP contribution in [0.2, 0.25) is 0 Å². The van der Waals surface area contributed by atoms with E-state index < -0.39 is 0 Å². The Kier molecular flexibility index (Phi) is 4.75. The number of aromatic nitrogens is 1. The number of nitrogen functional groups attached to an aromatic ring is 1. The van der Waals surface area contributed by atoms with Crippen LogP contribution in [0.3, 0.4) is 0 Å². The maximum absolute atomic E-state index is 11.4. The van der Waals surface area contributed by atoms with Gasteiger partial charge in [0.1, 0.15) is 0 Å². The van der Waals surface area contributed by atoms with Gasteiger partial charge < -0.3 is 15.8 Å². The van der Waals surface area contributed by atoms with E-state index in [1.165, 1.54) is 0 Å². The molecule has 1 amide bonds. The maximum Gasteiger partial charge on any atom is 0.257 e. The number of nitrogens with two attached hydrogens (primary N) is 1. The van der Waals surface area contributed by atoms with Gasteiger partial charge in [-0.05, 0) is 25.0 Å². The maximum atomic E-state index is 11.4. The molecule has 0 spiro atoms. The topological polar surface area (TPSA) is 77.2 Å². The number of nitrogens with one attached hydrogen (secondary N) is 1. The number of hydrogen-bond donors (Lipinski definition) is 2. The predicted octanol–water partition coefficient (Wildman–Crippen LogP) is 1.12. The van der Waals surface area contributed by atoms with E-state index in [1.807, 2.05) is 20.8 Å². The van der Waals surface area contributed by atoms with Crippen molar-refractivity contribution in [1.29, 1.82) is 0 Å². The Morgan fingerprint density at radius 1 is 1.53 bits per heavy atom. The van der Waals surface area contributed by atoms with Gasteiger partial charge in [0.25, 0.3) is 5.91 Å². The first-order valence-corrected chi connectivity index (χ1v) is 5.61. The molecule has 0 fully saturated rings. The first kappa shape index (κ1) is 13.3. The number of hydrogen-bond acceptors (Lipinski definition) is 4. The molecule has 94 valence electrons. The second kappa shape index (κ2) is 6.08. The van der Waals surface area contributed by atoms with Crippen LogP contribution in [0.25, 0.3) is 0 Å². The Hall–Kier alpha value is -1.78. The molecule has 0 saturated carbocycles. The van der Waals surface area contributed by atoms with Gasteiger partial charge >= 0.3 is 0 Å². The number of carbonyl (C=O) groups is 1. The molecule has 1 heterocycles. The first-order valence-electron chi connectivity index (χ1n) is 5.61. The average Bonchev–Trinajstić information content (AvgIpc) is 2.25. The quantitative estimate of drug-likeness (QED) is 0.804. The van der Waals surface area contributed by atoms with Gasteiger partial charge in [0.05, 0.1) is 0 Å². The molecule has 0 radical (unpaired) electrons. The normalized spacial score (nSPS) is 10.4. The summed E-state index contributed by atoms with van der Waals surface area (Å²) in [6.07, 6.45) is 0. The summed E-state index contributed by atoms with van der Waals surface area (Å²) in [6, 6.07) is 3.51. The van der Waals surface area contributed by atoms with Crippen LogP contribution in [0.15, 0.2) is 12.1 Å². The summed E-state index contributed by atoms with van der Waals surface area (Å²) in [7, 11) is 0. The van der Waals surface area contributed by atoms with E-state index in [0.29, 0.717) is 24.0 Å². The summed E-state index contributed by atoms with van der Waals surface area (Å²) in [6.45, 7) is 6.51. The number of amides is 1. The van der Waals surface area contributed by atoms with Crippen LogP contribution in [0, 0.1) is 12.8 Å². The van der Waals surface area contributed by atoms with Crippen molar-refractivity contribution in [3.63, 3.8) is 0 Å². The number of anilines is 1. The van der Waals surface area contributed by atoms with E-state index >= 15 is 0 Å². The zero-order valence-electron chi connectivity index (χ0n) is 10.5. The van der Waals surface area contributed by atoms with Gasteiger partial charge in [-0.1, -0.05) is 13.8 Å². The highest BCUT2D eigenvalue weighted by atomic mass is 16.5. The number of ether oxygens (including phenoxy) is 1. The number of carbonyl (C=O) groups excluding carboxylic acids is 1. The Bertz CT molecular complexity index is 391. The number of aryl methyl sites for hydroxylation is 1. The Labute approximate surface area is 101 Å². The third-order valence-electron chi connectivity index (χ3n) is 2.09. The first-order chi connectivity index (χ1) is 7.99. The lowest BCUT2D eigenvalue weighted by Gasteiger charge is -2.10. The number of pyridine rings is 1. The molecule has 1 rings (SSSR count). The lowest BCUT2D eigenvalue weighted by Crippen LogP contribution is -2.31. The van der Waals surface area contributed by atoms with E-state index in [1.54, 1.807) is 12.1 Å². The zero-order valence-corrected chi connectivity index (χ0v) is 10.5. The minimum Gasteiger partial charge on any atom is -0.480 e. The molecule has 17 heavy (non-hydrogen) atoms. The molecule has 0 atom stereocenters. The van der Waals surface area contributed by atoms with E-state index in [2.05, 4.69) is 10.3 Å². The summed E-state index contributed by atoms with van der Waals surface area (Å²) in [4.78, 5) is 15.4. The smallest absolute Gasteiger partial charge is 0.257 e. The van der Waals surface area contributed by atoms with Crippen LogP contribution in [-0.4, -0.2) is 24.0 Å². The second-order valence-electron chi connectivity index (χ2n) is 4.32. The van der Waals surface area contributed by atoms with Crippen molar-refractivity contribution < 1.29 is 9.53 Å². The summed E-state index contributed by atoms with van der Waals surface area (Å²) in [5, 5.41) is 2.76. The molecule has 0 aromatic carbocycles. The molecular formula is C12H19N3O2. The molecular weight excluding hydrogens is 218 g/mol. The zero-order chi connectivity index (χ0) is 12.8. The number of nitrogens with zero attached hydrogens (tertiary/aromatic N) is 1. The van der Waals surface area contributed by atoms with E-state index in [0.717, 1.165) is 5.69 Å². The third-order valence-corrected chi connectivity index (χ3v) is 2.09. The van der Waals surface area contributed by atoms with Crippen molar-refractivity contribution in [2.45, 2.75) is 20.8 Å². The minimum atomic E-state index is -0.154. The summed E-state index contributed by atoms with van der Waals surface area (Å²) in [5.74, 6) is 1.01. The predicted molar refractivity (Wildman–Crippen MR) is 66.7 cm³/mol. The molecule has 0 bridgehead atoms. The van der Waals surface area contributed by atoms with Gasteiger partial charge in [-0.25, -0.2) is 4.98 Å². The highest BCUT2D eigenvalue weighted by Crippen LogP contribution is 2.18. The fourth-order valence-corrected chi connectivity index (χ4v) is 1.20. The van der Waals surface area contributed by atoms with Gasteiger partial charge in [-0.15, -0.1) is 0 Å². The molecule has 1 aromatic heterocycles. The highest BCUT2D eigenvalue weighted by molar-refractivity contribution is 5.77. The van der Waals surface area contributed by atoms with Crippen LogP contribution in [0.1, 0.15) is 19.5 Å². The SMILES string of the molecule is Cc1ccc(OCC(=O)NCC(C)C)c(N)n1. The summed E-state index contributed by atoms with van der Waals surface area (Å²) >= 11 is 0. The molecule has 5 nitrogen and oxygen atoms in total. The molecule has 0 aliphatic heterocycles. The van der Waals surface area contributed by atoms with Crippen molar-refractivity contribution in [3.05, 3.63) is 17.8 Å². The summed E-state index contributed by atoms with van der Waals surface area (Å²) in [5.41, 5.74) is 6.48. The molecule has 5 heteroatoms. The standard InChI is InChI=1S/C12H19N3O2/c1-8(2)6-14-11(16)7-17-10-5-4-9(3)15-12(10)13/h4-5,8H,6-7H2,1-3H3,(H2,13,15)(H,14,16). The van der Waals surface area contributed by atoms with E-state index in [9.17, 15) is 4.79 Å². The minimum absolute atomic E-state index is 0.0400. The monoisotopic (exact) mass is 237 g/mol. The Morgan fingerprint density at radius 2 is 2.24 bits per heavy atom. The van der Waals surface area contributed by atoms with Gasteiger partial charge in [0.2, 0.25) is 0 Å². The molecule has 0 aliphatic carbocycles. The molecule has 0 unspecified atom stereocenters. The van der Waals surface area contributed by atoms with Crippen molar-refractivity contribution in [2.75, 3.05) is 18.9 Å². The van der Waals surface area contributed by atoms with Crippen molar-refractivity contribution in [2.24, 2.45) is 5.92 Å². The highest BCUT2D eigenvalue weighted by Gasteiger charge is 2.06. The molecule has 3 N–H and O–H groups in total. The second-order valence-corrected chi connectivity index (χ2v) is 4.32. The fraction of sp³-hybridized carbons (Fsp3) is 0.500. The van der Waals surface area contributed by atoms with Crippen LogP contribution in [0.5, 0.6) is 5.75 Å². The van der Waals surface area contributed by atoms with Crippen molar-refractivity contribution in [1.82, 2.24) is 10.3 Å². The van der Waals surface area contributed by atoms with Crippen LogP contribution >= 0.6 is 0 Å². The summed E-state index contributed by atoms with van der Waals surface area (Å²) < 4.78 is 5.29. The van der Waals surface area contributed by atoms with Crippen LogP contribution in [0.4, 0.5) is 5.82 Å². The molecule has 1 aromatic rings.